The highest BCUT2D eigenvalue weighted by Crippen LogP contribution is 2.23. The normalized spacial score (nSPS) is 29.3. The number of aliphatic hydroxyl groups excluding tert-OH is 1. The molecular formula is C7H13NO4. The fraction of sp³-hybridized carbons (Fsp3) is 0.857. The molecule has 1 atom stereocenters. The molecule has 70 valence electrons. The van der Waals surface area contributed by atoms with Gasteiger partial charge in [-0.2, -0.15) is 0 Å². The molecule has 0 saturated carbocycles. The molecule has 12 heavy (non-hydrogen) atoms. The Kier molecular flexibility index (Phi) is 2.54. The summed E-state index contributed by atoms with van der Waals surface area (Å²) in [5.74, 6) is 0. The highest BCUT2D eigenvalue weighted by atomic mass is 16.5. The Labute approximate surface area is 70.5 Å². The molecule has 0 aromatic rings. The number of nitrogens with zero attached hydrogens (tertiary/aromatic N) is 1. The van der Waals surface area contributed by atoms with E-state index >= 15 is 0 Å². The number of likely N-dealkylation sites (tertiary alicyclic amines) is 1. The zero-order chi connectivity index (χ0) is 9.19. The van der Waals surface area contributed by atoms with Gasteiger partial charge in [0.25, 0.3) is 0 Å². The number of rotatable bonds is 2. The minimum atomic E-state index is -0.956. The lowest BCUT2D eigenvalue weighted by Gasteiger charge is -2.24. The van der Waals surface area contributed by atoms with Gasteiger partial charge in [0.1, 0.15) is 5.60 Å². The summed E-state index contributed by atoms with van der Waals surface area (Å²) in [5, 5.41) is 17.6. The highest BCUT2D eigenvalue weighted by Gasteiger charge is 2.39. The molecule has 0 bridgehead atoms. The van der Waals surface area contributed by atoms with Gasteiger partial charge in [0.05, 0.1) is 13.2 Å². The number of methoxy groups -OCH3 is 1. The van der Waals surface area contributed by atoms with Crippen LogP contribution in [0.3, 0.4) is 0 Å². The van der Waals surface area contributed by atoms with Crippen LogP contribution in [-0.2, 0) is 4.74 Å². The molecule has 0 aliphatic carbocycles. The Morgan fingerprint density at radius 2 is 2.42 bits per heavy atom. The van der Waals surface area contributed by atoms with E-state index in [-0.39, 0.29) is 13.2 Å². The molecule has 1 amide bonds. The van der Waals surface area contributed by atoms with E-state index in [9.17, 15) is 4.79 Å². The molecule has 5 heteroatoms. The quantitative estimate of drug-likeness (QED) is 0.607. The number of carbonyl (C=O) groups is 1. The molecule has 5 nitrogen and oxygen atoms in total. The number of hydrogen-bond donors (Lipinski definition) is 2. The summed E-state index contributed by atoms with van der Waals surface area (Å²) in [5.41, 5.74) is -0.668. The van der Waals surface area contributed by atoms with E-state index in [4.69, 9.17) is 14.9 Å². The average molecular weight is 175 g/mol. The van der Waals surface area contributed by atoms with Gasteiger partial charge in [0.15, 0.2) is 0 Å². The van der Waals surface area contributed by atoms with Crippen LogP contribution in [0.5, 0.6) is 0 Å². The van der Waals surface area contributed by atoms with Crippen LogP contribution in [0.4, 0.5) is 4.79 Å². The maximum atomic E-state index is 10.5. The van der Waals surface area contributed by atoms with Crippen LogP contribution in [0.25, 0.3) is 0 Å². The first-order chi connectivity index (χ1) is 5.63. The van der Waals surface area contributed by atoms with E-state index in [0.29, 0.717) is 13.0 Å². The van der Waals surface area contributed by atoms with Gasteiger partial charge in [-0.25, -0.2) is 4.79 Å². The van der Waals surface area contributed by atoms with E-state index in [1.807, 2.05) is 0 Å². The largest absolute Gasteiger partial charge is 0.465 e. The fourth-order valence-corrected chi connectivity index (χ4v) is 1.37. The summed E-state index contributed by atoms with van der Waals surface area (Å²) in [6.45, 7) is 0.562. The highest BCUT2D eigenvalue weighted by molar-refractivity contribution is 5.65. The van der Waals surface area contributed by atoms with E-state index in [1.165, 1.54) is 12.0 Å². The van der Waals surface area contributed by atoms with Gasteiger partial charge in [-0.3, -0.25) is 0 Å². The molecule has 1 unspecified atom stereocenters. The van der Waals surface area contributed by atoms with Crippen molar-refractivity contribution in [3.8, 4) is 0 Å². The second-order valence-corrected chi connectivity index (χ2v) is 3.00. The van der Waals surface area contributed by atoms with Crippen molar-refractivity contribution in [2.75, 3.05) is 26.8 Å². The molecule has 1 heterocycles. The van der Waals surface area contributed by atoms with Gasteiger partial charge < -0.3 is 19.8 Å². The Hall–Kier alpha value is -0.810. The van der Waals surface area contributed by atoms with Crippen molar-refractivity contribution in [2.45, 2.75) is 12.0 Å². The summed E-state index contributed by atoms with van der Waals surface area (Å²) in [6.07, 6.45) is -0.394. The molecule has 1 saturated heterocycles. The molecule has 2 N–H and O–H groups in total. The topological polar surface area (TPSA) is 70.0 Å². The molecule has 1 rings (SSSR count). The van der Waals surface area contributed by atoms with Crippen molar-refractivity contribution >= 4 is 6.09 Å². The minimum absolute atomic E-state index is 0.132. The summed E-state index contributed by atoms with van der Waals surface area (Å²) in [4.78, 5) is 11.8. The first-order valence-corrected chi connectivity index (χ1v) is 3.77. The van der Waals surface area contributed by atoms with Crippen molar-refractivity contribution in [3.63, 3.8) is 0 Å². The van der Waals surface area contributed by atoms with E-state index in [0.717, 1.165) is 0 Å². The molecule has 1 fully saturated rings. The Bertz CT molecular complexity index is 178. The number of ether oxygens (including phenoxy) is 1. The summed E-state index contributed by atoms with van der Waals surface area (Å²) >= 11 is 0. The maximum absolute atomic E-state index is 10.5. The van der Waals surface area contributed by atoms with E-state index in [2.05, 4.69) is 0 Å². The van der Waals surface area contributed by atoms with Crippen LogP contribution >= 0.6 is 0 Å². The minimum Gasteiger partial charge on any atom is -0.465 e. The van der Waals surface area contributed by atoms with Gasteiger partial charge in [-0.15, -0.1) is 0 Å². The van der Waals surface area contributed by atoms with Crippen molar-refractivity contribution in [1.82, 2.24) is 4.90 Å². The summed E-state index contributed by atoms with van der Waals surface area (Å²) < 4.78 is 5.07. The van der Waals surface area contributed by atoms with Crippen LogP contribution in [-0.4, -0.2) is 53.6 Å². The third-order valence-corrected chi connectivity index (χ3v) is 2.31. The first-order valence-electron chi connectivity index (χ1n) is 3.77. The smallest absolute Gasteiger partial charge is 0.407 e. The van der Waals surface area contributed by atoms with Gasteiger partial charge in [0.2, 0.25) is 0 Å². The molecule has 0 aromatic carbocycles. The van der Waals surface area contributed by atoms with Gasteiger partial charge >= 0.3 is 6.09 Å². The van der Waals surface area contributed by atoms with Crippen molar-refractivity contribution in [1.29, 1.82) is 0 Å². The third kappa shape index (κ3) is 1.51. The van der Waals surface area contributed by atoms with Crippen molar-refractivity contribution < 1.29 is 19.7 Å². The second kappa shape index (κ2) is 3.28. The average Bonchev–Trinajstić information content (AvgIpc) is 2.49. The zero-order valence-electron chi connectivity index (χ0n) is 6.99. The van der Waals surface area contributed by atoms with Crippen molar-refractivity contribution in [3.05, 3.63) is 0 Å². The van der Waals surface area contributed by atoms with Crippen LogP contribution in [0.15, 0.2) is 0 Å². The molecular weight excluding hydrogens is 162 g/mol. The predicted octanol–water partition coefficient (Wildman–Crippen LogP) is -0.252. The lowest BCUT2D eigenvalue weighted by atomic mass is 10.1. The number of amides is 1. The number of carboxylic acid groups (broad SMARTS) is 1. The standard InChI is InChI=1S/C7H13NO4/c1-12-7(5-9)2-3-8(4-7)6(10)11/h9H,2-5H2,1H3,(H,10,11). The van der Waals surface area contributed by atoms with E-state index < -0.39 is 11.7 Å². The molecule has 0 radical (unpaired) electrons. The zero-order valence-corrected chi connectivity index (χ0v) is 6.99. The van der Waals surface area contributed by atoms with Gasteiger partial charge in [-0.05, 0) is 6.42 Å². The fourth-order valence-electron chi connectivity index (χ4n) is 1.37. The van der Waals surface area contributed by atoms with E-state index in [1.54, 1.807) is 0 Å². The molecule has 0 spiro atoms. The summed E-state index contributed by atoms with van der Waals surface area (Å²) in [6, 6.07) is 0. The number of hydrogen-bond acceptors (Lipinski definition) is 3. The SMILES string of the molecule is COC1(CO)CCN(C(=O)O)C1. The van der Waals surface area contributed by atoms with Crippen LogP contribution in [0, 0.1) is 0 Å². The second-order valence-electron chi connectivity index (χ2n) is 3.00. The first kappa shape index (κ1) is 9.28. The summed E-state index contributed by atoms with van der Waals surface area (Å²) in [7, 11) is 1.49. The Balaban J connectivity index is 2.58. The van der Waals surface area contributed by atoms with Gasteiger partial charge in [-0.1, -0.05) is 0 Å². The maximum Gasteiger partial charge on any atom is 0.407 e. The predicted molar refractivity (Wildman–Crippen MR) is 41.0 cm³/mol. The van der Waals surface area contributed by atoms with Crippen molar-refractivity contribution in [2.24, 2.45) is 0 Å². The van der Waals surface area contributed by atoms with Crippen LogP contribution < -0.4 is 0 Å². The molecule has 1 aliphatic heterocycles. The van der Waals surface area contributed by atoms with Crippen LogP contribution in [0.2, 0.25) is 0 Å². The van der Waals surface area contributed by atoms with Gasteiger partial charge in [0, 0.05) is 13.7 Å². The van der Waals surface area contributed by atoms with Crippen LogP contribution in [0.1, 0.15) is 6.42 Å². The molecule has 0 aromatic heterocycles. The third-order valence-electron chi connectivity index (χ3n) is 2.31. The Morgan fingerprint density at radius 1 is 1.75 bits per heavy atom. The monoisotopic (exact) mass is 175 g/mol. The lowest BCUT2D eigenvalue weighted by molar-refractivity contribution is -0.0417. The Morgan fingerprint density at radius 3 is 2.67 bits per heavy atom. The lowest BCUT2D eigenvalue weighted by Crippen LogP contribution is -2.40. The molecule has 1 aliphatic rings. The number of aliphatic hydroxyl groups is 1.